The Hall–Kier alpha value is -2.49. The monoisotopic (exact) mass is 352 g/mol. The van der Waals surface area contributed by atoms with Gasteiger partial charge in [-0.15, -0.1) is 0 Å². The van der Waals surface area contributed by atoms with Gasteiger partial charge in [-0.05, 0) is 67.1 Å². The number of fused-ring (bicyclic) bond motifs is 1. The number of methoxy groups -OCH3 is 1. The Labute approximate surface area is 156 Å². The fourth-order valence-corrected chi connectivity index (χ4v) is 3.55. The molecule has 0 aliphatic carbocycles. The summed E-state index contributed by atoms with van der Waals surface area (Å²) in [6.45, 7) is 5.17. The predicted molar refractivity (Wildman–Crippen MR) is 106 cm³/mol. The van der Waals surface area contributed by atoms with E-state index in [0.29, 0.717) is 12.1 Å². The van der Waals surface area contributed by atoms with Gasteiger partial charge in [-0.3, -0.25) is 4.79 Å². The van der Waals surface area contributed by atoms with Crippen molar-refractivity contribution in [2.45, 2.75) is 32.6 Å². The van der Waals surface area contributed by atoms with Gasteiger partial charge >= 0.3 is 0 Å². The fraction of sp³-hybridized carbons (Fsp3) is 0.409. The number of benzene rings is 2. The molecule has 1 amide bonds. The minimum absolute atomic E-state index is 0.0419. The van der Waals surface area contributed by atoms with E-state index in [9.17, 15) is 4.79 Å². The average molecular weight is 352 g/mol. The summed E-state index contributed by atoms with van der Waals surface area (Å²) in [5.41, 5.74) is 4.79. The molecule has 0 atom stereocenters. The number of carbonyl (C=O) groups is 1. The summed E-state index contributed by atoms with van der Waals surface area (Å²) in [7, 11) is 1.62. The average Bonchev–Trinajstić information content (AvgIpc) is 2.68. The largest absolute Gasteiger partial charge is 0.497 e. The minimum Gasteiger partial charge on any atom is -0.497 e. The normalized spacial score (nSPS) is 13.2. The van der Waals surface area contributed by atoms with Gasteiger partial charge in [0.05, 0.1) is 7.11 Å². The van der Waals surface area contributed by atoms with E-state index in [4.69, 9.17) is 4.74 Å². The van der Waals surface area contributed by atoms with Crippen LogP contribution in [0.4, 0.5) is 5.69 Å². The zero-order valence-electron chi connectivity index (χ0n) is 15.8. The summed E-state index contributed by atoms with van der Waals surface area (Å²) in [5, 5.41) is 3.00. The van der Waals surface area contributed by atoms with E-state index in [-0.39, 0.29) is 5.91 Å². The molecule has 0 unspecified atom stereocenters. The van der Waals surface area contributed by atoms with Gasteiger partial charge in [0.15, 0.2) is 0 Å². The van der Waals surface area contributed by atoms with E-state index in [2.05, 4.69) is 35.3 Å². The Balaban J connectivity index is 1.55. The van der Waals surface area contributed by atoms with Crippen molar-refractivity contribution in [2.24, 2.45) is 0 Å². The highest BCUT2D eigenvalue weighted by Crippen LogP contribution is 2.28. The molecule has 0 bridgehead atoms. The van der Waals surface area contributed by atoms with Crippen molar-refractivity contribution in [2.75, 3.05) is 31.6 Å². The highest BCUT2D eigenvalue weighted by molar-refractivity contribution is 5.94. The minimum atomic E-state index is -0.0419. The van der Waals surface area contributed by atoms with Gasteiger partial charge in [0.2, 0.25) is 0 Å². The Kier molecular flexibility index (Phi) is 6.16. The van der Waals surface area contributed by atoms with Crippen molar-refractivity contribution in [1.29, 1.82) is 0 Å². The highest BCUT2D eigenvalue weighted by Gasteiger charge is 2.16. The first-order chi connectivity index (χ1) is 12.7. The first-order valence-electron chi connectivity index (χ1n) is 9.50. The molecular formula is C22H28N2O2. The van der Waals surface area contributed by atoms with Gasteiger partial charge in [-0.2, -0.15) is 0 Å². The van der Waals surface area contributed by atoms with Gasteiger partial charge in [-0.25, -0.2) is 0 Å². The first kappa shape index (κ1) is 18.3. The van der Waals surface area contributed by atoms with Crippen LogP contribution in [-0.2, 0) is 12.8 Å². The van der Waals surface area contributed by atoms with Gasteiger partial charge < -0.3 is 15.0 Å². The predicted octanol–water partition coefficient (Wildman–Crippen LogP) is 3.83. The van der Waals surface area contributed by atoms with E-state index in [1.54, 1.807) is 31.4 Å². The number of ether oxygens (including phenoxy) is 1. The second-order valence-electron chi connectivity index (χ2n) is 6.79. The van der Waals surface area contributed by atoms with E-state index < -0.39 is 0 Å². The van der Waals surface area contributed by atoms with Crippen LogP contribution in [0, 0.1) is 0 Å². The maximum atomic E-state index is 12.2. The molecule has 0 saturated carbocycles. The zero-order chi connectivity index (χ0) is 18.4. The molecule has 26 heavy (non-hydrogen) atoms. The highest BCUT2D eigenvalue weighted by atomic mass is 16.5. The molecule has 1 heterocycles. The van der Waals surface area contributed by atoms with E-state index in [1.807, 2.05) is 0 Å². The summed E-state index contributed by atoms with van der Waals surface area (Å²) >= 11 is 0. The Morgan fingerprint density at radius 1 is 1.19 bits per heavy atom. The smallest absolute Gasteiger partial charge is 0.251 e. The van der Waals surface area contributed by atoms with Crippen molar-refractivity contribution in [3.05, 3.63) is 59.2 Å². The third-order valence-corrected chi connectivity index (χ3v) is 4.90. The second-order valence-corrected chi connectivity index (χ2v) is 6.79. The number of hydrogen-bond acceptors (Lipinski definition) is 3. The number of anilines is 1. The topological polar surface area (TPSA) is 41.6 Å². The van der Waals surface area contributed by atoms with Crippen LogP contribution in [0.2, 0.25) is 0 Å². The third-order valence-electron chi connectivity index (χ3n) is 4.90. The van der Waals surface area contributed by atoms with Gasteiger partial charge in [0, 0.05) is 30.9 Å². The van der Waals surface area contributed by atoms with Crippen LogP contribution in [0.3, 0.4) is 0 Å². The lowest BCUT2D eigenvalue weighted by Crippen LogP contribution is -2.30. The van der Waals surface area contributed by atoms with E-state index >= 15 is 0 Å². The maximum Gasteiger partial charge on any atom is 0.251 e. The number of nitrogens with zero attached hydrogens (tertiary/aromatic N) is 1. The summed E-state index contributed by atoms with van der Waals surface area (Å²) in [5.74, 6) is 0.715. The lowest BCUT2D eigenvalue weighted by atomic mass is 9.98. The molecule has 4 heteroatoms. The standard InChI is InChI=1S/C22H28N2O2/c1-3-14-24-15-4-5-19-16-17(6-11-21(19)24)12-13-23-22(25)18-7-9-20(26-2)10-8-18/h6-11,16H,3-5,12-15H2,1-2H3,(H,23,25). The molecule has 0 radical (unpaired) electrons. The van der Waals surface area contributed by atoms with Gasteiger partial charge in [-0.1, -0.05) is 19.1 Å². The molecule has 138 valence electrons. The Morgan fingerprint density at radius 3 is 2.73 bits per heavy atom. The van der Waals surface area contributed by atoms with Crippen LogP contribution in [0.5, 0.6) is 5.75 Å². The van der Waals surface area contributed by atoms with Crippen molar-refractivity contribution >= 4 is 11.6 Å². The van der Waals surface area contributed by atoms with Crippen molar-refractivity contribution in [3.8, 4) is 5.75 Å². The van der Waals surface area contributed by atoms with Gasteiger partial charge in [0.25, 0.3) is 5.91 Å². The van der Waals surface area contributed by atoms with Gasteiger partial charge in [0.1, 0.15) is 5.75 Å². The molecule has 0 spiro atoms. The first-order valence-corrected chi connectivity index (χ1v) is 9.50. The van der Waals surface area contributed by atoms with Crippen LogP contribution in [0.25, 0.3) is 0 Å². The summed E-state index contributed by atoms with van der Waals surface area (Å²) < 4.78 is 5.12. The lowest BCUT2D eigenvalue weighted by molar-refractivity contribution is 0.0954. The van der Waals surface area contributed by atoms with Crippen LogP contribution in [-0.4, -0.2) is 32.7 Å². The molecular weight excluding hydrogens is 324 g/mol. The maximum absolute atomic E-state index is 12.2. The van der Waals surface area contributed by atoms with Crippen LogP contribution in [0.15, 0.2) is 42.5 Å². The summed E-state index contributed by atoms with van der Waals surface area (Å²) in [4.78, 5) is 14.7. The SMILES string of the molecule is CCCN1CCCc2cc(CCNC(=O)c3ccc(OC)cc3)ccc21. The second kappa shape index (κ2) is 8.75. The molecule has 0 aromatic heterocycles. The Bertz CT molecular complexity index is 740. The lowest BCUT2D eigenvalue weighted by Gasteiger charge is -2.31. The number of carbonyl (C=O) groups excluding carboxylic acids is 1. The van der Waals surface area contributed by atoms with Crippen molar-refractivity contribution < 1.29 is 9.53 Å². The zero-order valence-corrected chi connectivity index (χ0v) is 15.8. The van der Waals surface area contributed by atoms with Crippen LogP contribution in [0.1, 0.15) is 41.3 Å². The number of aryl methyl sites for hydroxylation is 1. The number of hydrogen-bond donors (Lipinski definition) is 1. The molecule has 2 aromatic carbocycles. The molecule has 4 nitrogen and oxygen atoms in total. The molecule has 0 fully saturated rings. The number of nitrogens with one attached hydrogen (secondary N) is 1. The summed E-state index contributed by atoms with van der Waals surface area (Å²) in [6.07, 6.45) is 4.41. The molecule has 3 rings (SSSR count). The third kappa shape index (κ3) is 4.37. The molecule has 0 saturated heterocycles. The molecule has 1 N–H and O–H groups in total. The van der Waals surface area contributed by atoms with E-state index in [1.165, 1.54) is 29.7 Å². The van der Waals surface area contributed by atoms with Crippen LogP contribution < -0.4 is 15.0 Å². The van der Waals surface area contributed by atoms with Crippen molar-refractivity contribution in [1.82, 2.24) is 5.32 Å². The van der Waals surface area contributed by atoms with E-state index in [0.717, 1.165) is 31.7 Å². The van der Waals surface area contributed by atoms with Crippen molar-refractivity contribution in [3.63, 3.8) is 0 Å². The summed E-state index contributed by atoms with van der Waals surface area (Å²) in [6, 6.07) is 14.0. The molecule has 1 aliphatic rings. The van der Waals surface area contributed by atoms with Crippen LogP contribution >= 0.6 is 0 Å². The number of amides is 1. The molecule has 2 aromatic rings. The Morgan fingerprint density at radius 2 is 2.00 bits per heavy atom. The number of rotatable bonds is 7. The quantitative estimate of drug-likeness (QED) is 0.823. The molecule has 1 aliphatic heterocycles. The fourth-order valence-electron chi connectivity index (χ4n) is 3.55.